The van der Waals surface area contributed by atoms with Crippen LogP contribution in [0.1, 0.15) is 41.4 Å². The molecule has 1 aromatic rings. The second-order valence-corrected chi connectivity index (χ2v) is 6.16. The molecule has 2 rings (SSSR count). The predicted octanol–water partition coefficient (Wildman–Crippen LogP) is 2.77. The van der Waals surface area contributed by atoms with Gasteiger partial charge >= 0.3 is 5.97 Å². The molecule has 2 heterocycles. The van der Waals surface area contributed by atoms with E-state index in [0.717, 1.165) is 16.9 Å². The molecule has 1 aromatic heterocycles. The van der Waals surface area contributed by atoms with Gasteiger partial charge < -0.3 is 10.0 Å². The Hall–Kier alpha value is -1.36. The van der Waals surface area contributed by atoms with Gasteiger partial charge in [0.05, 0.1) is 10.3 Å². The van der Waals surface area contributed by atoms with Crippen molar-refractivity contribution in [1.29, 1.82) is 0 Å². The van der Waals surface area contributed by atoms with Gasteiger partial charge in [0.15, 0.2) is 0 Å². The quantitative estimate of drug-likeness (QED) is 0.923. The average molecular weight is 281 g/mol. The molecule has 0 spiro atoms. The van der Waals surface area contributed by atoms with E-state index in [9.17, 15) is 14.7 Å². The van der Waals surface area contributed by atoms with Crippen LogP contribution in [0, 0.1) is 12.3 Å². The summed E-state index contributed by atoms with van der Waals surface area (Å²) in [6, 6.07) is 1.92. The van der Waals surface area contributed by atoms with E-state index in [1.807, 2.05) is 25.3 Å². The summed E-state index contributed by atoms with van der Waals surface area (Å²) in [5.74, 6) is -0.792. The molecular weight excluding hydrogens is 262 g/mol. The van der Waals surface area contributed by atoms with E-state index in [1.165, 1.54) is 11.3 Å². The first-order valence-corrected chi connectivity index (χ1v) is 7.45. The number of carbonyl (C=O) groups excluding carboxylic acids is 1. The monoisotopic (exact) mass is 281 g/mol. The molecule has 1 N–H and O–H groups in total. The zero-order valence-electron chi connectivity index (χ0n) is 11.3. The number of aryl methyl sites for hydroxylation is 1. The molecule has 1 unspecified atom stereocenters. The highest BCUT2D eigenvalue weighted by Gasteiger charge is 2.45. The lowest BCUT2D eigenvalue weighted by molar-refractivity contribution is -0.148. The molecular formula is C14H19NO3S. The van der Waals surface area contributed by atoms with Crippen molar-refractivity contribution < 1.29 is 14.7 Å². The minimum atomic E-state index is -0.771. The third-order valence-electron chi connectivity index (χ3n) is 3.88. The van der Waals surface area contributed by atoms with Gasteiger partial charge in [-0.05, 0) is 36.8 Å². The van der Waals surface area contributed by atoms with Gasteiger partial charge in [-0.25, -0.2) is 0 Å². The molecule has 4 nitrogen and oxygen atoms in total. The van der Waals surface area contributed by atoms with Gasteiger partial charge in [-0.2, -0.15) is 0 Å². The van der Waals surface area contributed by atoms with Gasteiger partial charge in [-0.3, -0.25) is 9.59 Å². The van der Waals surface area contributed by atoms with Crippen LogP contribution >= 0.6 is 11.3 Å². The molecule has 1 amide bonds. The summed E-state index contributed by atoms with van der Waals surface area (Å²) in [5, 5.41) is 11.3. The summed E-state index contributed by atoms with van der Waals surface area (Å²) in [6.45, 7) is 4.78. The SMILES string of the molecule is CCCC1(C(=O)O)CCN(C(=O)c2sccc2C)C1. The largest absolute Gasteiger partial charge is 0.481 e. The fourth-order valence-corrected chi connectivity index (χ4v) is 3.64. The van der Waals surface area contributed by atoms with E-state index in [1.54, 1.807) is 4.90 Å². The van der Waals surface area contributed by atoms with Crippen LogP contribution < -0.4 is 0 Å². The van der Waals surface area contributed by atoms with Crippen LogP contribution in [0.25, 0.3) is 0 Å². The first kappa shape index (κ1) is 14.1. The van der Waals surface area contributed by atoms with Crippen LogP contribution in [-0.4, -0.2) is 35.0 Å². The molecule has 0 saturated carbocycles. The molecule has 0 aliphatic carbocycles. The standard InChI is InChI=1S/C14H19NO3S/c1-3-5-14(13(17)18)6-7-15(9-14)12(16)11-10(2)4-8-19-11/h4,8H,3,5-7,9H2,1-2H3,(H,17,18). The van der Waals surface area contributed by atoms with Crippen molar-refractivity contribution >= 4 is 23.2 Å². The molecule has 0 radical (unpaired) electrons. The highest BCUT2D eigenvalue weighted by Crippen LogP contribution is 2.36. The fraction of sp³-hybridized carbons (Fsp3) is 0.571. The van der Waals surface area contributed by atoms with Crippen molar-refractivity contribution in [2.45, 2.75) is 33.1 Å². The number of rotatable bonds is 4. The molecule has 5 heteroatoms. The Balaban J connectivity index is 2.15. The Bertz CT molecular complexity index is 497. The van der Waals surface area contributed by atoms with Gasteiger partial charge in [0.2, 0.25) is 0 Å². The summed E-state index contributed by atoms with van der Waals surface area (Å²) in [4.78, 5) is 26.3. The third-order valence-corrected chi connectivity index (χ3v) is 4.88. The lowest BCUT2D eigenvalue weighted by Crippen LogP contribution is -2.36. The van der Waals surface area contributed by atoms with Crippen molar-refractivity contribution in [3.8, 4) is 0 Å². The number of carbonyl (C=O) groups is 2. The first-order chi connectivity index (χ1) is 9.00. The van der Waals surface area contributed by atoms with Gasteiger partial charge in [-0.15, -0.1) is 11.3 Å². The molecule has 104 valence electrons. The number of hydrogen-bond donors (Lipinski definition) is 1. The Morgan fingerprint density at radius 1 is 1.53 bits per heavy atom. The Morgan fingerprint density at radius 3 is 2.79 bits per heavy atom. The van der Waals surface area contributed by atoms with Gasteiger partial charge in [0.25, 0.3) is 5.91 Å². The Labute approximate surface area is 117 Å². The van der Waals surface area contributed by atoms with E-state index in [-0.39, 0.29) is 5.91 Å². The topological polar surface area (TPSA) is 57.6 Å². The van der Waals surface area contributed by atoms with Crippen LogP contribution in [0.5, 0.6) is 0 Å². The van der Waals surface area contributed by atoms with Crippen molar-refractivity contribution in [3.63, 3.8) is 0 Å². The number of likely N-dealkylation sites (tertiary alicyclic amines) is 1. The second-order valence-electron chi connectivity index (χ2n) is 5.24. The number of thiophene rings is 1. The molecule has 1 saturated heterocycles. The first-order valence-electron chi connectivity index (χ1n) is 6.57. The van der Waals surface area contributed by atoms with Crippen LogP contribution in [0.15, 0.2) is 11.4 Å². The summed E-state index contributed by atoms with van der Waals surface area (Å²) >= 11 is 1.43. The minimum absolute atomic E-state index is 0.0215. The van der Waals surface area contributed by atoms with Gasteiger partial charge in [-0.1, -0.05) is 13.3 Å². The second kappa shape index (κ2) is 5.33. The number of carboxylic acid groups (broad SMARTS) is 1. The summed E-state index contributed by atoms with van der Waals surface area (Å²) in [7, 11) is 0. The van der Waals surface area contributed by atoms with Gasteiger partial charge in [0, 0.05) is 13.1 Å². The molecule has 1 aliphatic heterocycles. The van der Waals surface area contributed by atoms with Crippen molar-refractivity contribution in [1.82, 2.24) is 4.90 Å². The number of hydrogen-bond acceptors (Lipinski definition) is 3. The summed E-state index contributed by atoms with van der Waals surface area (Å²) in [5.41, 5.74) is 0.230. The fourth-order valence-electron chi connectivity index (χ4n) is 2.75. The number of amides is 1. The molecule has 19 heavy (non-hydrogen) atoms. The van der Waals surface area contributed by atoms with E-state index in [2.05, 4.69) is 0 Å². The highest BCUT2D eigenvalue weighted by atomic mass is 32.1. The maximum absolute atomic E-state index is 12.4. The maximum Gasteiger partial charge on any atom is 0.311 e. The minimum Gasteiger partial charge on any atom is -0.481 e. The molecule has 1 aliphatic rings. The van der Waals surface area contributed by atoms with Crippen molar-refractivity contribution in [3.05, 3.63) is 21.9 Å². The Morgan fingerprint density at radius 2 is 2.26 bits per heavy atom. The van der Waals surface area contributed by atoms with E-state index >= 15 is 0 Å². The zero-order chi connectivity index (χ0) is 14.0. The third kappa shape index (κ3) is 2.52. The van der Waals surface area contributed by atoms with Crippen LogP contribution in [-0.2, 0) is 4.79 Å². The normalized spacial score (nSPS) is 22.7. The zero-order valence-corrected chi connectivity index (χ0v) is 12.1. The van der Waals surface area contributed by atoms with Gasteiger partial charge in [0.1, 0.15) is 0 Å². The highest BCUT2D eigenvalue weighted by molar-refractivity contribution is 7.12. The lowest BCUT2D eigenvalue weighted by Gasteiger charge is -2.24. The van der Waals surface area contributed by atoms with Crippen LogP contribution in [0.4, 0.5) is 0 Å². The number of aliphatic carboxylic acids is 1. The molecule has 0 bridgehead atoms. The lowest BCUT2D eigenvalue weighted by atomic mass is 9.83. The van der Waals surface area contributed by atoms with E-state index in [0.29, 0.717) is 25.9 Å². The maximum atomic E-state index is 12.4. The van der Waals surface area contributed by atoms with E-state index in [4.69, 9.17) is 0 Å². The predicted molar refractivity (Wildman–Crippen MR) is 74.6 cm³/mol. The molecule has 0 aromatic carbocycles. The van der Waals surface area contributed by atoms with Crippen molar-refractivity contribution in [2.75, 3.05) is 13.1 Å². The number of nitrogens with zero attached hydrogens (tertiary/aromatic N) is 1. The van der Waals surface area contributed by atoms with Crippen LogP contribution in [0.2, 0.25) is 0 Å². The summed E-state index contributed by atoms with van der Waals surface area (Å²) < 4.78 is 0. The van der Waals surface area contributed by atoms with Crippen LogP contribution in [0.3, 0.4) is 0 Å². The smallest absolute Gasteiger partial charge is 0.311 e. The molecule has 1 atom stereocenters. The van der Waals surface area contributed by atoms with Crippen molar-refractivity contribution in [2.24, 2.45) is 5.41 Å². The Kier molecular flexibility index (Phi) is 3.94. The van der Waals surface area contributed by atoms with E-state index < -0.39 is 11.4 Å². The average Bonchev–Trinajstić information content (AvgIpc) is 2.96. The molecule has 1 fully saturated rings. The summed E-state index contributed by atoms with van der Waals surface area (Å²) in [6.07, 6.45) is 2.02. The number of carboxylic acids is 1.